The molecule has 3 aliphatic rings. The lowest BCUT2D eigenvalue weighted by molar-refractivity contribution is -0.149. The summed E-state index contributed by atoms with van der Waals surface area (Å²) in [4.78, 5) is 35.4. The molecule has 0 radical (unpaired) electrons. The number of likely N-dealkylation sites (tertiary alicyclic amines) is 2. The molecule has 5 rings (SSSR count). The Bertz CT molecular complexity index is 1020. The van der Waals surface area contributed by atoms with Crippen molar-refractivity contribution in [1.29, 1.82) is 0 Å². The highest BCUT2D eigenvalue weighted by atomic mass is 16.3. The van der Waals surface area contributed by atoms with Crippen molar-refractivity contribution >= 4 is 11.8 Å². The van der Waals surface area contributed by atoms with Crippen molar-refractivity contribution in [3.8, 4) is 0 Å². The summed E-state index contributed by atoms with van der Waals surface area (Å²) in [6.45, 7) is 6.40. The number of pyridine rings is 1. The fraction of sp³-hybridized carbons (Fsp3) is 0.600. The number of carbonyl (C=O) groups is 2. The van der Waals surface area contributed by atoms with E-state index in [1.165, 1.54) is 0 Å². The predicted octanol–water partition coefficient (Wildman–Crippen LogP) is 2.36. The van der Waals surface area contributed by atoms with E-state index in [0.717, 1.165) is 24.1 Å². The van der Waals surface area contributed by atoms with Crippen LogP contribution >= 0.6 is 0 Å². The van der Waals surface area contributed by atoms with Crippen molar-refractivity contribution in [2.24, 2.45) is 11.3 Å². The fourth-order valence-electron chi connectivity index (χ4n) is 5.98. The van der Waals surface area contributed by atoms with E-state index in [1.54, 1.807) is 12.4 Å². The number of piperidine rings is 1. The van der Waals surface area contributed by atoms with Crippen LogP contribution in [0.15, 0.2) is 36.8 Å². The molecule has 8 nitrogen and oxygen atoms in total. The smallest absolute Gasteiger partial charge is 0.231 e. The van der Waals surface area contributed by atoms with Gasteiger partial charge in [-0.05, 0) is 57.2 Å². The van der Waals surface area contributed by atoms with Crippen LogP contribution in [0.4, 0.5) is 0 Å². The van der Waals surface area contributed by atoms with E-state index in [9.17, 15) is 14.7 Å². The van der Waals surface area contributed by atoms with Gasteiger partial charge in [0.15, 0.2) is 0 Å². The van der Waals surface area contributed by atoms with Gasteiger partial charge in [0.1, 0.15) is 0 Å². The van der Waals surface area contributed by atoms with Gasteiger partial charge >= 0.3 is 0 Å². The molecule has 1 saturated carbocycles. The lowest BCUT2D eigenvalue weighted by atomic mass is 9.70. The van der Waals surface area contributed by atoms with E-state index in [0.29, 0.717) is 39.0 Å². The number of nitrogens with zero attached hydrogens (tertiary/aromatic N) is 5. The normalized spacial score (nSPS) is 29.7. The first kappa shape index (κ1) is 22.1. The molecule has 2 aromatic rings. The largest absolute Gasteiger partial charge is 0.393 e. The summed E-state index contributed by atoms with van der Waals surface area (Å²) >= 11 is 0. The van der Waals surface area contributed by atoms with Gasteiger partial charge in [-0.25, -0.2) is 0 Å². The lowest BCUT2D eigenvalue weighted by Gasteiger charge is -2.42. The third-order valence-corrected chi connectivity index (χ3v) is 7.72. The van der Waals surface area contributed by atoms with Crippen molar-refractivity contribution in [2.75, 3.05) is 19.6 Å². The first-order chi connectivity index (χ1) is 15.9. The molecule has 0 aromatic carbocycles. The number of amides is 2. The Hall–Kier alpha value is -2.74. The van der Waals surface area contributed by atoms with Crippen LogP contribution in [0.25, 0.3) is 0 Å². The van der Waals surface area contributed by atoms with Gasteiger partial charge in [-0.3, -0.25) is 19.3 Å². The Labute approximate surface area is 194 Å². The molecule has 0 unspecified atom stereocenters. The van der Waals surface area contributed by atoms with Gasteiger partial charge in [0.25, 0.3) is 0 Å². The molecule has 2 amide bonds. The van der Waals surface area contributed by atoms with E-state index < -0.39 is 5.41 Å². The maximum absolute atomic E-state index is 14.1. The topological polar surface area (TPSA) is 91.6 Å². The molecule has 1 N–H and O–H groups in total. The number of carbonyl (C=O) groups excluding carboxylic acids is 2. The lowest BCUT2D eigenvalue weighted by Crippen LogP contribution is -2.52. The summed E-state index contributed by atoms with van der Waals surface area (Å²) in [7, 11) is 0. The van der Waals surface area contributed by atoms with Crippen molar-refractivity contribution in [2.45, 2.75) is 64.1 Å². The van der Waals surface area contributed by atoms with Gasteiger partial charge in [-0.1, -0.05) is 6.07 Å². The SMILES string of the molecule is CC(C)n1nccc1[C@@H]1CN(C(=O)C2CC(O)C2)C[C@]12CCCN(Cc1cccnc1)C2=O. The van der Waals surface area contributed by atoms with Crippen molar-refractivity contribution in [1.82, 2.24) is 24.6 Å². The van der Waals surface area contributed by atoms with E-state index in [1.807, 2.05) is 38.9 Å². The molecule has 8 heteroatoms. The minimum absolute atomic E-state index is 0.0787. The van der Waals surface area contributed by atoms with E-state index >= 15 is 0 Å². The van der Waals surface area contributed by atoms with Crippen LogP contribution in [-0.4, -0.2) is 67.2 Å². The zero-order chi connectivity index (χ0) is 23.2. The van der Waals surface area contributed by atoms with Crippen LogP contribution in [0.1, 0.15) is 62.7 Å². The number of aromatic nitrogens is 3. The number of hydrogen-bond donors (Lipinski definition) is 1. The van der Waals surface area contributed by atoms with Gasteiger partial charge < -0.3 is 14.9 Å². The van der Waals surface area contributed by atoms with Crippen LogP contribution in [0.2, 0.25) is 0 Å². The average molecular weight is 452 g/mol. The quantitative estimate of drug-likeness (QED) is 0.754. The molecule has 2 aromatic heterocycles. The zero-order valence-electron chi connectivity index (χ0n) is 19.4. The Morgan fingerprint density at radius 2 is 2.09 bits per heavy atom. The number of hydrogen-bond acceptors (Lipinski definition) is 5. The van der Waals surface area contributed by atoms with Crippen LogP contribution in [-0.2, 0) is 16.1 Å². The van der Waals surface area contributed by atoms with Crippen molar-refractivity contribution < 1.29 is 14.7 Å². The van der Waals surface area contributed by atoms with Crippen LogP contribution in [0.3, 0.4) is 0 Å². The molecule has 0 bridgehead atoms. The monoisotopic (exact) mass is 451 g/mol. The van der Waals surface area contributed by atoms with Crippen LogP contribution in [0, 0.1) is 11.3 Å². The Morgan fingerprint density at radius 1 is 1.27 bits per heavy atom. The maximum Gasteiger partial charge on any atom is 0.231 e. The minimum Gasteiger partial charge on any atom is -0.393 e. The molecule has 4 heterocycles. The zero-order valence-corrected chi connectivity index (χ0v) is 19.4. The van der Waals surface area contributed by atoms with Gasteiger partial charge in [0.05, 0.1) is 11.5 Å². The number of rotatable bonds is 5. The van der Waals surface area contributed by atoms with Crippen LogP contribution < -0.4 is 0 Å². The van der Waals surface area contributed by atoms with E-state index in [2.05, 4.69) is 23.9 Å². The Morgan fingerprint density at radius 3 is 2.79 bits per heavy atom. The molecule has 33 heavy (non-hydrogen) atoms. The molecule has 1 aliphatic carbocycles. The molecule has 3 fully saturated rings. The summed E-state index contributed by atoms with van der Waals surface area (Å²) in [5.41, 5.74) is 1.40. The van der Waals surface area contributed by atoms with Crippen molar-refractivity contribution in [3.63, 3.8) is 0 Å². The number of aliphatic hydroxyl groups excluding tert-OH is 1. The predicted molar refractivity (Wildman–Crippen MR) is 122 cm³/mol. The fourth-order valence-corrected chi connectivity index (χ4v) is 5.98. The summed E-state index contributed by atoms with van der Waals surface area (Å²) in [6.07, 6.45) is 7.70. The first-order valence-corrected chi connectivity index (χ1v) is 12.1. The molecular formula is C25H33N5O3. The molecule has 2 atom stereocenters. The summed E-state index contributed by atoms with van der Waals surface area (Å²) in [6, 6.07) is 6.08. The summed E-state index contributed by atoms with van der Waals surface area (Å²) in [5, 5.41) is 14.3. The van der Waals surface area contributed by atoms with Gasteiger partial charge in [-0.15, -0.1) is 0 Å². The van der Waals surface area contributed by atoms with E-state index in [-0.39, 0.29) is 35.8 Å². The minimum atomic E-state index is -0.648. The molecule has 2 aliphatic heterocycles. The summed E-state index contributed by atoms with van der Waals surface area (Å²) < 4.78 is 2.00. The second-order valence-electron chi connectivity index (χ2n) is 10.2. The second kappa shape index (κ2) is 8.56. The average Bonchev–Trinajstić information content (AvgIpc) is 3.41. The maximum atomic E-state index is 14.1. The third-order valence-electron chi connectivity index (χ3n) is 7.72. The molecule has 176 valence electrons. The molecule has 2 saturated heterocycles. The highest BCUT2D eigenvalue weighted by Gasteiger charge is 2.57. The third kappa shape index (κ3) is 3.84. The highest BCUT2D eigenvalue weighted by Crippen LogP contribution is 2.50. The summed E-state index contributed by atoms with van der Waals surface area (Å²) in [5.74, 6) is -0.0189. The number of aliphatic hydroxyl groups is 1. The first-order valence-electron chi connectivity index (χ1n) is 12.1. The van der Waals surface area contributed by atoms with E-state index in [4.69, 9.17) is 0 Å². The van der Waals surface area contributed by atoms with Gasteiger partial charge in [-0.2, -0.15) is 5.10 Å². The Kier molecular flexibility index (Phi) is 5.72. The highest BCUT2D eigenvalue weighted by molar-refractivity contribution is 5.88. The standard InChI is InChI=1S/C25H33N5O3/c1-17(2)30-22(6-9-27-30)21-15-29(23(32)19-11-20(31)12-19)16-25(21)7-4-10-28(24(25)33)14-18-5-3-8-26-13-18/h3,5-6,8-9,13,17,19-21,31H,4,7,10-12,14-16H2,1-2H3/t19?,20?,21-,25+/m0/s1. The van der Waals surface area contributed by atoms with Crippen LogP contribution in [0.5, 0.6) is 0 Å². The van der Waals surface area contributed by atoms with Gasteiger partial charge in [0, 0.05) is 68.3 Å². The van der Waals surface area contributed by atoms with Gasteiger partial charge in [0.2, 0.25) is 11.8 Å². The Balaban J connectivity index is 1.48. The van der Waals surface area contributed by atoms with Crippen molar-refractivity contribution in [3.05, 3.63) is 48.0 Å². The second-order valence-corrected chi connectivity index (χ2v) is 10.2. The molecule has 1 spiro atoms. The molecular weight excluding hydrogens is 418 g/mol.